The van der Waals surface area contributed by atoms with Crippen LogP contribution in [0.15, 0.2) is 34.9 Å². The summed E-state index contributed by atoms with van der Waals surface area (Å²) in [6, 6.07) is 10.3. The molecule has 7 heteroatoms. The average Bonchev–Trinajstić information content (AvgIpc) is 3.04. The van der Waals surface area contributed by atoms with Gasteiger partial charge in [0.15, 0.2) is 0 Å². The van der Waals surface area contributed by atoms with Crippen LogP contribution in [0.4, 0.5) is 4.79 Å². The number of carbonyl (C=O) groups is 2. The molecule has 0 spiro atoms. The molecule has 4 rings (SSSR count). The summed E-state index contributed by atoms with van der Waals surface area (Å²) in [7, 11) is 0. The van der Waals surface area contributed by atoms with Crippen LogP contribution in [0.2, 0.25) is 0 Å². The van der Waals surface area contributed by atoms with Gasteiger partial charge < -0.3 is 19.6 Å². The highest BCUT2D eigenvalue weighted by molar-refractivity contribution is 5.80. The number of carbonyl (C=O) groups excluding carboxylic acids is 2. The Morgan fingerprint density at radius 1 is 1.10 bits per heavy atom. The van der Waals surface area contributed by atoms with Crippen LogP contribution >= 0.6 is 0 Å². The summed E-state index contributed by atoms with van der Waals surface area (Å²) < 4.78 is 5.16. The van der Waals surface area contributed by atoms with Gasteiger partial charge in [0.1, 0.15) is 5.76 Å². The second-order valence-electron chi connectivity index (χ2n) is 8.38. The SMILES string of the molecule is Cc1noc(C)c1CC(=O)N1CCN(C(=O)NC(c2ccccc2)C2CCC2)CC1. The van der Waals surface area contributed by atoms with E-state index in [0.717, 1.165) is 24.1 Å². The highest BCUT2D eigenvalue weighted by atomic mass is 16.5. The third-order valence-corrected chi connectivity index (χ3v) is 6.49. The van der Waals surface area contributed by atoms with Crippen molar-refractivity contribution in [3.63, 3.8) is 0 Å². The number of benzene rings is 1. The molecule has 1 aromatic heterocycles. The van der Waals surface area contributed by atoms with E-state index in [4.69, 9.17) is 4.52 Å². The van der Waals surface area contributed by atoms with Crippen LogP contribution in [0.3, 0.4) is 0 Å². The van der Waals surface area contributed by atoms with Crippen molar-refractivity contribution in [2.75, 3.05) is 26.2 Å². The van der Waals surface area contributed by atoms with Gasteiger partial charge in [-0.05, 0) is 38.2 Å². The van der Waals surface area contributed by atoms with Crippen LogP contribution in [0.1, 0.15) is 47.9 Å². The first-order valence-electron chi connectivity index (χ1n) is 10.8. The molecule has 1 unspecified atom stereocenters. The molecule has 1 aromatic carbocycles. The second kappa shape index (κ2) is 8.90. The summed E-state index contributed by atoms with van der Waals surface area (Å²) in [4.78, 5) is 29.3. The molecule has 1 atom stereocenters. The van der Waals surface area contributed by atoms with E-state index in [9.17, 15) is 9.59 Å². The van der Waals surface area contributed by atoms with Gasteiger partial charge >= 0.3 is 6.03 Å². The monoisotopic (exact) mass is 410 g/mol. The molecular weight excluding hydrogens is 380 g/mol. The lowest BCUT2D eigenvalue weighted by Gasteiger charge is -2.38. The van der Waals surface area contributed by atoms with Gasteiger partial charge in [0.25, 0.3) is 0 Å². The van der Waals surface area contributed by atoms with E-state index in [0.29, 0.717) is 44.3 Å². The maximum Gasteiger partial charge on any atom is 0.318 e. The van der Waals surface area contributed by atoms with Crippen molar-refractivity contribution in [1.82, 2.24) is 20.3 Å². The smallest absolute Gasteiger partial charge is 0.318 e. The Morgan fingerprint density at radius 3 is 2.33 bits per heavy atom. The Kier molecular flexibility index (Phi) is 6.06. The minimum Gasteiger partial charge on any atom is -0.361 e. The topological polar surface area (TPSA) is 78.7 Å². The normalized spacial score (nSPS) is 18.1. The third kappa shape index (κ3) is 4.35. The van der Waals surface area contributed by atoms with Gasteiger partial charge in [0, 0.05) is 31.7 Å². The maximum atomic E-state index is 12.9. The number of aryl methyl sites for hydroxylation is 2. The Labute approximate surface area is 177 Å². The van der Waals surface area contributed by atoms with Gasteiger partial charge in [-0.15, -0.1) is 0 Å². The minimum absolute atomic E-state index is 0.0337. The zero-order valence-electron chi connectivity index (χ0n) is 17.8. The van der Waals surface area contributed by atoms with Crippen LogP contribution < -0.4 is 5.32 Å². The zero-order valence-corrected chi connectivity index (χ0v) is 17.8. The first kappa shape index (κ1) is 20.4. The maximum absolute atomic E-state index is 12.9. The molecule has 2 aromatic rings. The van der Waals surface area contributed by atoms with Gasteiger partial charge in [-0.3, -0.25) is 4.79 Å². The molecule has 30 heavy (non-hydrogen) atoms. The van der Waals surface area contributed by atoms with Gasteiger partial charge in [-0.1, -0.05) is 41.9 Å². The summed E-state index contributed by atoms with van der Waals surface area (Å²) in [6.45, 7) is 5.88. The van der Waals surface area contributed by atoms with E-state index in [2.05, 4.69) is 22.6 Å². The van der Waals surface area contributed by atoms with Crippen molar-refractivity contribution < 1.29 is 14.1 Å². The molecule has 1 saturated carbocycles. The third-order valence-electron chi connectivity index (χ3n) is 6.49. The van der Waals surface area contributed by atoms with E-state index >= 15 is 0 Å². The van der Waals surface area contributed by atoms with Crippen molar-refractivity contribution in [2.45, 2.75) is 45.6 Å². The lowest BCUT2D eigenvalue weighted by atomic mass is 9.77. The molecule has 2 fully saturated rings. The number of urea groups is 1. The summed E-state index contributed by atoms with van der Waals surface area (Å²) in [6.07, 6.45) is 3.84. The first-order valence-corrected chi connectivity index (χ1v) is 10.8. The molecule has 1 saturated heterocycles. The summed E-state index contributed by atoms with van der Waals surface area (Å²) in [5.41, 5.74) is 2.80. The first-order chi connectivity index (χ1) is 14.5. The predicted octanol–water partition coefficient (Wildman–Crippen LogP) is 3.23. The van der Waals surface area contributed by atoms with Gasteiger partial charge in [-0.2, -0.15) is 0 Å². The van der Waals surface area contributed by atoms with Crippen molar-refractivity contribution >= 4 is 11.9 Å². The molecule has 0 radical (unpaired) electrons. The predicted molar refractivity (Wildman–Crippen MR) is 113 cm³/mol. The standard InChI is InChI=1S/C23H30N4O3/c1-16-20(17(2)30-25-16)15-21(28)26-11-13-27(14-12-26)23(29)24-22(19-9-6-10-19)18-7-4-3-5-8-18/h3-5,7-8,19,22H,6,9-15H2,1-2H3,(H,24,29). The number of nitrogens with one attached hydrogen (secondary N) is 1. The number of aromatic nitrogens is 1. The quantitative estimate of drug-likeness (QED) is 0.821. The molecule has 3 amide bonds. The van der Waals surface area contributed by atoms with E-state index in [-0.39, 0.29) is 18.0 Å². The Bertz CT molecular complexity index is 864. The number of rotatable bonds is 5. The van der Waals surface area contributed by atoms with Gasteiger partial charge in [0.2, 0.25) is 5.91 Å². The van der Waals surface area contributed by atoms with Crippen LogP contribution in [-0.2, 0) is 11.2 Å². The summed E-state index contributed by atoms with van der Waals surface area (Å²) in [5.74, 6) is 1.26. The second-order valence-corrected chi connectivity index (χ2v) is 8.38. The van der Waals surface area contributed by atoms with Crippen molar-refractivity contribution in [3.05, 3.63) is 52.9 Å². The highest BCUT2D eigenvalue weighted by Gasteiger charge is 2.32. The lowest BCUT2D eigenvalue weighted by molar-refractivity contribution is -0.131. The molecule has 1 N–H and O–H groups in total. The Morgan fingerprint density at radius 2 is 1.77 bits per heavy atom. The number of hydrogen-bond donors (Lipinski definition) is 1. The van der Waals surface area contributed by atoms with E-state index in [1.165, 1.54) is 12.0 Å². The van der Waals surface area contributed by atoms with Crippen LogP contribution in [-0.4, -0.2) is 53.1 Å². The van der Waals surface area contributed by atoms with E-state index < -0.39 is 0 Å². The fourth-order valence-corrected chi connectivity index (χ4v) is 4.31. The van der Waals surface area contributed by atoms with E-state index in [1.807, 2.05) is 41.8 Å². The molecule has 7 nitrogen and oxygen atoms in total. The summed E-state index contributed by atoms with van der Waals surface area (Å²) in [5, 5.41) is 7.18. The van der Waals surface area contributed by atoms with Crippen molar-refractivity contribution in [2.24, 2.45) is 5.92 Å². The van der Waals surface area contributed by atoms with Gasteiger partial charge in [0.05, 0.1) is 18.2 Å². The molecule has 0 bridgehead atoms. The minimum atomic E-state index is -0.0337. The summed E-state index contributed by atoms with van der Waals surface area (Å²) >= 11 is 0. The average molecular weight is 411 g/mol. The number of nitrogens with zero attached hydrogens (tertiary/aromatic N) is 3. The molecule has 2 heterocycles. The largest absolute Gasteiger partial charge is 0.361 e. The fraction of sp³-hybridized carbons (Fsp3) is 0.522. The molecule has 160 valence electrons. The molecular formula is C23H30N4O3. The van der Waals surface area contributed by atoms with Crippen molar-refractivity contribution in [3.8, 4) is 0 Å². The van der Waals surface area contributed by atoms with Crippen molar-refractivity contribution in [1.29, 1.82) is 0 Å². The highest BCUT2D eigenvalue weighted by Crippen LogP contribution is 2.37. The molecule has 2 aliphatic rings. The van der Waals surface area contributed by atoms with Gasteiger partial charge in [-0.25, -0.2) is 4.79 Å². The lowest BCUT2D eigenvalue weighted by Crippen LogP contribution is -2.54. The van der Waals surface area contributed by atoms with Crippen LogP contribution in [0, 0.1) is 19.8 Å². The van der Waals surface area contributed by atoms with Crippen LogP contribution in [0.25, 0.3) is 0 Å². The number of piperazine rings is 1. The zero-order chi connectivity index (χ0) is 21.1. The van der Waals surface area contributed by atoms with Crippen LogP contribution in [0.5, 0.6) is 0 Å². The molecule has 1 aliphatic heterocycles. The van der Waals surface area contributed by atoms with E-state index in [1.54, 1.807) is 0 Å². The number of amides is 3. The Balaban J connectivity index is 1.32. The molecule has 1 aliphatic carbocycles. The Hall–Kier alpha value is -2.83. The number of hydrogen-bond acceptors (Lipinski definition) is 4. The fourth-order valence-electron chi connectivity index (χ4n) is 4.31.